The summed E-state index contributed by atoms with van der Waals surface area (Å²) in [6.45, 7) is 5.03. The highest BCUT2D eigenvalue weighted by Gasteiger charge is 2.28. The highest BCUT2D eigenvalue weighted by atomic mass is 16.2. The fraction of sp³-hybridized carbons (Fsp3) is 0.375. The molecule has 1 aromatic carbocycles. The first-order valence-corrected chi connectivity index (χ1v) is 7.83. The third-order valence-electron chi connectivity index (χ3n) is 4.01. The van der Waals surface area contributed by atoms with Gasteiger partial charge in [-0.15, -0.1) is 5.10 Å². The summed E-state index contributed by atoms with van der Waals surface area (Å²) in [4.78, 5) is 38.3. The molecule has 2 amide bonds. The second kappa shape index (κ2) is 6.31. The lowest BCUT2D eigenvalue weighted by Gasteiger charge is -2.24. The third kappa shape index (κ3) is 2.94. The number of benzene rings is 1. The Morgan fingerprint density at radius 3 is 2.58 bits per heavy atom. The molecule has 2 heterocycles. The number of anilines is 1. The highest BCUT2D eigenvalue weighted by Crippen LogP contribution is 2.09. The van der Waals surface area contributed by atoms with Crippen LogP contribution in [0.5, 0.6) is 0 Å². The molecule has 0 saturated carbocycles. The van der Waals surface area contributed by atoms with Gasteiger partial charge in [0.05, 0.1) is 0 Å². The Hall–Kier alpha value is -2.90. The number of nitrogens with one attached hydrogen (secondary N) is 1. The van der Waals surface area contributed by atoms with Gasteiger partial charge in [-0.05, 0) is 26.0 Å². The minimum atomic E-state index is -0.437. The SMILES string of the molecule is CCN1CCn2c(nn(CC(=O)Nc3ccc(C)cc3)c2=O)C1=O. The molecule has 1 aliphatic heterocycles. The molecule has 0 spiro atoms. The van der Waals surface area contributed by atoms with Crippen molar-refractivity contribution >= 4 is 17.5 Å². The van der Waals surface area contributed by atoms with E-state index in [9.17, 15) is 14.4 Å². The van der Waals surface area contributed by atoms with Gasteiger partial charge in [0, 0.05) is 25.3 Å². The molecule has 3 rings (SSSR count). The van der Waals surface area contributed by atoms with Crippen molar-refractivity contribution in [1.29, 1.82) is 0 Å². The summed E-state index contributed by atoms with van der Waals surface area (Å²) in [7, 11) is 0. The van der Waals surface area contributed by atoms with Crippen LogP contribution < -0.4 is 11.0 Å². The lowest BCUT2D eigenvalue weighted by Crippen LogP contribution is -2.42. The van der Waals surface area contributed by atoms with Crippen LogP contribution >= 0.6 is 0 Å². The van der Waals surface area contributed by atoms with Crippen LogP contribution in [0.1, 0.15) is 23.1 Å². The molecule has 0 radical (unpaired) electrons. The fourth-order valence-electron chi connectivity index (χ4n) is 2.64. The van der Waals surface area contributed by atoms with Gasteiger partial charge in [-0.2, -0.15) is 0 Å². The van der Waals surface area contributed by atoms with Gasteiger partial charge >= 0.3 is 5.69 Å². The van der Waals surface area contributed by atoms with Crippen molar-refractivity contribution in [3.8, 4) is 0 Å². The molecule has 0 saturated heterocycles. The van der Waals surface area contributed by atoms with Crippen molar-refractivity contribution in [2.24, 2.45) is 0 Å². The van der Waals surface area contributed by atoms with Gasteiger partial charge < -0.3 is 10.2 Å². The summed E-state index contributed by atoms with van der Waals surface area (Å²) in [5.41, 5.74) is 1.30. The number of carbonyl (C=O) groups excluding carboxylic acids is 2. The maximum atomic E-state index is 12.3. The number of hydrogen-bond donors (Lipinski definition) is 1. The van der Waals surface area contributed by atoms with E-state index in [4.69, 9.17) is 0 Å². The van der Waals surface area contributed by atoms with Crippen molar-refractivity contribution in [3.05, 3.63) is 46.1 Å². The number of fused-ring (bicyclic) bond motifs is 1. The van der Waals surface area contributed by atoms with Crippen molar-refractivity contribution in [2.45, 2.75) is 26.9 Å². The van der Waals surface area contributed by atoms with Crippen molar-refractivity contribution < 1.29 is 9.59 Å². The summed E-state index contributed by atoms with van der Waals surface area (Å²) in [6.07, 6.45) is 0. The lowest BCUT2D eigenvalue weighted by atomic mass is 10.2. The molecule has 0 aliphatic carbocycles. The van der Waals surface area contributed by atoms with E-state index in [1.54, 1.807) is 17.0 Å². The number of aromatic nitrogens is 3. The smallest absolute Gasteiger partial charge is 0.334 e. The number of rotatable bonds is 4. The standard InChI is InChI=1S/C16H19N5O3/c1-3-19-8-9-20-14(15(19)23)18-21(16(20)24)10-13(22)17-12-6-4-11(2)5-7-12/h4-7H,3,8-10H2,1-2H3,(H,17,22). The van der Waals surface area contributed by atoms with Crippen LogP contribution in [-0.4, -0.2) is 44.2 Å². The van der Waals surface area contributed by atoms with Gasteiger partial charge in [-0.25, -0.2) is 9.48 Å². The Balaban J connectivity index is 1.76. The first-order chi connectivity index (χ1) is 11.5. The first-order valence-electron chi connectivity index (χ1n) is 7.83. The molecular formula is C16H19N5O3. The van der Waals surface area contributed by atoms with E-state index in [1.165, 1.54) is 4.57 Å². The van der Waals surface area contributed by atoms with Gasteiger partial charge in [-0.3, -0.25) is 14.2 Å². The summed E-state index contributed by atoms with van der Waals surface area (Å²) in [5, 5.41) is 6.75. The van der Waals surface area contributed by atoms with Gasteiger partial charge in [0.1, 0.15) is 6.54 Å². The van der Waals surface area contributed by atoms with E-state index in [-0.39, 0.29) is 24.2 Å². The number of likely N-dealkylation sites (N-methyl/N-ethyl adjacent to an activating group) is 1. The van der Waals surface area contributed by atoms with Crippen LogP contribution in [0.4, 0.5) is 5.69 Å². The Bertz CT molecular complexity index is 834. The van der Waals surface area contributed by atoms with E-state index in [2.05, 4.69) is 10.4 Å². The number of hydrogen-bond acceptors (Lipinski definition) is 4. The van der Waals surface area contributed by atoms with E-state index in [1.807, 2.05) is 26.0 Å². The van der Waals surface area contributed by atoms with E-state index in [0.717, 1.165) is 10.2 Å². The van der Waals surface area contributed by atoms with Crippen LogP contribution in [0.2, 0.25) is 0 Å². The predicted molar refractivity (Wildman–Crippen MR) is 87.9 cm³/mol. The minimum absolute atomic E-state index is 0.0937. The molecule has 8 nitrogen and oxygen atoms in total. The fourth-order valence-corrected chi connectivity index (χ4v) is 2.64. The average molecular weight is 329 g/mol. The van der Waals surface area contributed by atoms with Crippen molar-refractivity contribution in [3.63, 3.8) is 0 Å². The Morgan fingerprint density at radius 1 is 1.21 bits per heavy atom. The molecule has 0 fully saturated rings. The summed E-state index contributed by atoms with van der Waals surface area (Å²) >= 11 is 0. The largest absolute Gasteiger partial charge is 0.346 e. The first kappa shape index (κ1) is 16.0. The van der Waals surface area contributed by atoms with Crippen molar-refractivity contribution in [1.82, 2.24) is 19.2 Å². The number of carbonyl (C=O) groups is 2. The minimum Gasteiger partial charge on any atom is -0.334 e. The molecule has 1 aromatic heterocycles. The van der Waals surface area contributed by atoms with Crippen LogP contribution in [0.25, 0.3) is 0 Å². The maximum Gasteiger partial charge on any atom is 0.346 e. The summed E-state index contributed by atoms with van der Waals surface area (Å²) < 4.78 is 2.36. The van der Waals surface area contributed by atoms with Crippen LogP contribution in [0.3, 0.4) is 0 Å². The molecule has 1 aliphatic rings. The number of nitrogens with zero attached hydrogens (tertiary/aromatic N) is 4. The van der Waals surface area contributed by atoms with Gasteiger partial charge in [0.15, 0.2) is 0 Å². The van der Waals surface area contributed by atoms with Crippen LogP contribution in [0.15, 0.2) is 29.1 Å². The molecule has 0 bridgehead atoms. The normalized spacial score (nSPS) is 13.8. The highest BCUT2D eigenvalue weighted by molar-refractivity contribution is 5.92. The summed E-state index contributed by atoms with van der Waals surface area (Å²) in [5.74, 6) is -0.550. The molecule has 8 heteroatoms. The molecule has 0 atom stereocenters. The third-order valence-corrected chi connectivity index (χ3v) is 4.01. The lowest BCUT2D eigenvalue weighted by molar-refractivity contribution is -0.117. The Morgan fingerprint density at radius 2 is 1.92 bits per heavy atom. The zero-order valence-electron chi connectivity index (χ0n) is 13.7. The second-order valence-corrected chi connectivity index (χ2v) is 5.71. The molecular weight excluding hydrogens is 310 g/mol. The van der Waals surface area contributed by atoms with E-state index < -0.39 is 5.69 Å². The quantitative estimate of drug-likeness (QED) is 0.883. The van der Waals surface area contributed by atoms with Crippen molar-refractivity contribution in [2.75, 3.05) is 18.4 Å². The van der Waals surface area contributed by atoms with Crippen LogP contribution in [0, 0.1) is 6.92 Å². The maximum absolute atomic E-state index is 12.3. The molecule has 1 N–H and O–H groups in total. The van der Waals surface area contributed by atoms with Gasteiger partial charge in [0.25, 0.3) is 5.91 Å². The zero-order chi connectivity index (χ0) is 17.3. The molecule has 0 unspecified atom stereocenters. The number of aryl methyl sites for hydroxylation is 1. The monoisotopic (exact) mass is 329 g/mol. The topological polar surface area (TPSA) is 89.2 Å². The summed E-state index contributed by atoms with van der Waals surface area (Å²) in [6, 6.07) is 7.35. The van der Waals surface area contributed by atoms with Gasteiger partial charge in [-0.1, -0.05) is 17.7 Å². The second-order valence-electron chi connectivity index (χ2n) is 5.71. The number of amides is 2. The van der Waals surface area contributed by atoms with Gasteiger partial charge in [0.2, 0.25) is 11.7 Å². The average Bonchev–Trinajstić information content (AvgIpc) is 2.87. The van der Waals surface area contributed by atoms with E-state index >= 15 is 0 Å². The van der Waals surface area contributed by atoms with Crippen LogP contribution in [-0.2, 0) is 17.9 Å². The Kier molecular flexibility index (Phi) is 4.20. The zero-order valence-corrected chi connectivity index (χ0v) is 13.7. The Labute approximate surface area is 138 Å². The predicted octanol–water partition coefficient (Wildman–Crippen LogP) is 0.468. The van der Waals surface area contributed by atoms with E-state index in [0.29, 0.717) is 25.3 Å². The molecule has 126 valence electrons. The molecule has 24 heavy (non-hydrogen) atoms. The molecule has 2 aromatic rings.